The number of hydrogen-bond acceptors (Lipinski definition) is 5. The highest BCUT2D eigenvalue weighted by Crippen LogP contribution is 2.08. The van der Waals surface area contributed by atoms with Crippen molar-refractivity contribution in [3.8, 4) is 0 Å². The summed E-state index contributed by atoms with van der Waals surface area (Å²) in [5, 5.41) is 11.2. The third-order valence-electron chi connectivity index (χ3n) is 2.85. The van der Waals surface area contributed by atoms with Crippen molar-refractivity contribution in [2.45, 2.75) is 25.3 Å². The molecule has 0 aromatic heterocycles. The molecular formula is C14H18N2O5. The Bertz CT molecular complexity index is 513. The van der Waals surface area contributed by atoms with E-state index in [2.05, 4.69) is 10.1 Å². The number of rotatable bonds is 7. The molecule has 1 aromatic carbocycles. The Balaban J connectivity index is 2.48. The van der Waals surface area contributed by atoms with Crippen LogP contribution >= 0.6 is 0 Å². The van der Waals surface area contributed by atoms with Crippen LogP contribution in [0.2, 0.25) is 0 Å². The summed E-state index contributed by atoms with van der Waals surface area (Å²) in [6.07, 6.45) is 0.172. The van der Waals surface area contributed by atoms with E-state index in [0.29, 0.717) is 12.1 Å². The van der Waals surface area contributed by atoms with Crippen LogP contribution in [0.1, 0.15) is 18.4 Å². The van der Waals surface area contributed by atoms with Crippen LogP contribution in [0.25, 0.3) is 0 Å². The van der Waals surface area contributed by atoms with Gasteiger partial charge < -0.3 is 20.9 Å². The van der Waals surface area contributed by atoms with Gasteiger partial charge in [0.1, 0.15) is 6.04 Å². The predicted molar refractivity (Wildman–Crippen MR) is 75.4 cm³/mol. The second-order valence-corrected chi connectivity index (χ2v) is 4.48. The first-order chi connectivity index (χ1) is 9.92. The first kappa shape index (κ1) is 16.5. The third-order valence-corrected chi connectivity index (χ3v) is 2.85. The van der Waals surface area contributed by atoms with Gasteiger partial charge in [-0.25, -0.2) is 4.79 Å². The molecular weight excluding hydrogens is 276 g/mol. The van der Waals surface area contributed by atoms with Gasteiger partial charge in [0.05, 0.1) is 13.5 Å². The molecule has 0 aliphatic heterocycles. The lowest BCUT2D eigenvalue weighted by molar-refractivity contribution is -0.148. The van der Waals surface area contributed by atoms with Crippen molar-refractivity contribution in [1.82, 2.24) is 5.32 Å². The van der Waals surface area contributed by atoms with E-state index in [-0.39, 0.29) is 6.42 Å². The number of anilines is 1. The van der Waals surface area contributed by atoms with E-state index in [4.69, 9.17) is 10.8 Å². The van der Waals surface area contributed by atoms with Crippen LogP contribution in [0.5, 0.6) is 0 Å². The fourth-order valence-corrected chi connectivity index (χ4v) is 1.66. The molecule has 0 heterocycles. The van der Waals surface area contributed by atoms with Crippen LogP contribution in [-0.4, -0.2) is 36.1 Å². The zero-order valence-corrected chi connectivity index (χ0v) is 11.7. The smallest absolute Gasteiger partial charge is 0.326 e. The Kier molecular flexibility index (Phi) is 6.19. The zero-order chi connectivity index (χ0) is 15.8. The number of benzene rings is 1. The second kappa shape index (κ2) is 7.88. The number of aliphatic carboxylic acids is 1. The van der Waals surface area contributed by atoms with Crippen LogP contribution < -0.4 is 11.1 Å². The summed E-state index contributed by atoms with van der Waals surface area (Å²) < 4.78 is 4.39. The Labute approximate surface area is 122 Å². The molecule has 0 unspecified atom stereocenters. The van der Waals surface area contributed by atoms with Gasteiger partial charge in [-0.3, -0.25) is 9.59 Å². The maximum atomic E-state index is 11.7. The normalized spacial score (nSPS) is 11.5. The molecule has 1 atom stereocenters. The van der Waals surface area contributed by atoms with Crippen molar-refractivity contribution >= 4 is 23.5 Å². The van der Waals surface area contributed by atoms with E-state index >= 15 is 0 Å². The average Bonchev–Trinajstić information content (AvgIpc) is 2.45. The average molecular weight is 294 g/mol. The number of nitrogen functional groups attached to an aromatic ring is 1. The summed E-state index contributed by atoms with van der Waals surface area (Å²) in [5.74, 6) is -2.41. The lowest BCUT2D eigenvalue weighted by atomic mass is 10.1. The van der Waals surface area contributed by atoms with Crippen molar-refractivity contribution in [1.29, 1.82) is 0 Å². The maximum absolute atomic E-state index is 11.7. The van der Waals surface area contributed by atoms with Crippen LogP contribution in [0.15, 0.2) is 24.3 Å². The highest BCUT2D eigenvalue weighted by atomic mass is 16.5. The van der Waals surface area contributed by atoms with Gasteiger partial charge >= 0.3 is 11.9 Å². The van der Waals surface area contributed by atoms with Gasteiger partial charge in [0, 0.05) is 12.1 Å². The van der Waals surface area contributed by atoms with Gasteiger partial charge in [-0.2, -0.15) is 0 Å². The number of esters is 1. The lowest BCUT2D eigenvalue weighted by Crippen LogP contribution is -2.42. The van der Waals surface area contributed by atoms with Gasteiger partial charge in [-0.15, -0.1) is 0 Å². The Hall–Kier alpha value is -2.57. The molecule has 0 radical (unpaired) electrons. The molecule has 4 N–H and O–H groups in total. The van der Waals surface area contributed by atoms with Crippen LogP contribution in [-0.2, 0) is 25.5 Å². The molecule has 0 bridgehead atoms. The van der Waals surface area contributed by atoms with Crippen LogP contribution in [0.4, 0.5) is 5.69 Å². The number of carboxylic acid groups (broad SMARTS) is 1. The molecule has 1 rings (SSSR count). The minimum absolute atomic E-state index is 0.120. The third kappa shape index (κ3) is 5.94. The number of hydrogen-bond donors (Lipinski definition) is 3. The minimum Gasteiger partial charge on any atom is -0.480 e. The molecule has 114 valence electrons. The first-order valence-electron chi connectivity index (χ1n) is 6.35. The van der Waals surface area contributed by atoms with Gasteiger partial charge in [-0.1, -0.05) is 12.1 Å². The molecule has 1 aromatic rings. The van der Waals surface area contributed by atoms with Crippen molar-refractivity contribution in [3.05, 3.63) is 29.8 Å². The molecule has 7 nitrogen and oxygen atoms in total. The Morgan fingerprint density at radius 2 is 1.90 bits per heavy atom. The number of amides is 1. The van der Waals surface area contributed by atoms with Gasteiger partial charge in [0.2, 0.25) is 5.91 Å². The predicted octanol–water partition coefficient (Wildman–Crippen LogP) is 0.334. The number of nitrogens with one attached hydrogen (secondary N) is 1. The topological polar surface area (TPSA) is 119 Å². The molecule has 0 spiro atoms. The molecule has 0 aliphatic carbocycles. The largest absolute Gasteiger partial charge is 0.480 e. The number of aryl methyl sites for hydroxylation is 1. The molecule has 0 fully saturated rings. The van der Waals surface area contributed by atoms with Crippen LogP contribution in [0.3, 0.4) is 0 Å². The molecule has 7 heteroatoms. The first-order valence-corrected chi connectivity index (χ1v) is 6.35. The summed E-state index contributed by atoms with van der Waals surface area (Å²) in [4.78, 5) is 33.7. The second-order valence-electron chi connectivity index (χ2n) is 4.48. The van der Waals surface area contributed by atoms with Gasteiger partial charge in [-0.05, 0) is 24.1 Å². The van der Waals surface area contributed by atoms with Crippen molar-refractivity contribution in [3.63, 3.8) is 0 Å². The summed E-state index contributed by atoms with van der Waals surface area (Å²) in [5.41, 5.74) is 7.10. The number of carboxylic acids is 1. The highest BCUT2D eigenvalue weighted by Gasteiger charge is 2.23. The standard InChI is InChI=1S/C14H18N2O5/c1-21-13(18)8-11(14(19)20)16-12(17)7-4-9-2-5-10(15)6-3-9/h2-3,5-6,11H,4,7-8,15H2,1H3,(H,16,17)(H,19,20)/t11-/m0/s1. The van der Waals surface area contributed by atoms with Gasteiger partial charge in [0.15, 0.2) is 0 Å². The summed E-state index contributed by atoms with van der Waals surface area (Å²) in [6, 6.07) is 5.77. The highest BCUT2D eigenvalue weighted by molar-refractivity contribution is 5.87. The van der Waals surface area contributed by atoms with E-state index in [1.807, 2.05) is 0 Å². The zero-order valence-electron chi connectivity index (χ0n) is 11.7. The number of carbonyl (C=O) groups is 3. The van der Waals surface area contributed by atoms with E-state index in [1.54, 1.807) is 24.3 Å². The monoisotopic (exact) mass is 294 g/mol. The number of carbonyl (C=O) groups excluding carboxylic acids is 2. The summed E-state index contributed by atoms with van der Waals surface area (Å²) in [6.45, 7) is 0. The van der Waals surface area contributed by atoms with Gasteiger partial charge in [0.25, 0.3) is 0 Å². The van der Waals surface area contributed by atoms with Crippen LogP contribution in [0, 0.1) is 0 Å². The number of ether oxygens (including phenoxy) is 1. The van der Waals surface area contributed by atoms with E-state index in [9.17, 15) is 14.4 Å². The van der Waals surface area contributed by atoms with E-state index in [0.717, 1.165) is 12.7 Å². The Morgan fingerprint density at radius 3 is 2.43 bits per heavy atom. The SMILES string of the molecule is COC(=O)C[C@H](NC(=O)CCc1ccc(N)cc1)C(=O)O. The molecule has 1 amide bonds. The quantitative estimate of drug-likeness (QED) is 0.492. The summed E-state index contributed by atoms with van der Waals surface area (Å²) >= 11 is 0. The molecule has 0 saturated heterocycles. The molecule has 0 saturated carbocycles. The lowest BCUT2D eigenvalue weighted by Gasteiger charge is -2.13. The number of nitrogens with two attached hydrogens (primary N) is 1. The molecule has 0 aliphatic rings. The van der Waals surface area contributed by atoms with Crippen molar-refractivity contribution in [2.24, 2.45) is 0 Å². The van der Waals surface area contributed by atoms with Crippen molar-refractivity contribution < 1.29 is 24.2 Å². The fraction of sp³-hybridized carbons (Fsp3) is 0.357. The summed E-state index contributed by atoms with van der Waals surface area (Å²) in [7, 11) is 1.16. The van der Waals surface area contributed by atoms with E-state index in [1.165, 1.54) is 0 Å². The fourth-order valence-electron chi connectivity index (χ4n) is 1.66. The van der Waals surface area contributed by atoms with Crippen molar-refractivity contribution in [2.75, 3.05) is 12.8 Å². The molecule has 21 heavy (non-hydrogen) atoms. The maximum Gasteiger partial charge on any atom is 0.326 e. The number of methoxy groups -OCH3 is 1. The minimum atomic E-state index is -1.28. The van der Waals surface area contributed by atoms with E-state index < -0.39 is 30.3 Å². The Morgan fingerprint density at radius 1 is 1.29 bits per heavy atom.